The SMILES string of the molecule is CC.CC(=O)CBr.O=C(OCc1ccccc1)N1CCCC1. The number of halogens is 1. The van der Waals surface area contributed by atoms with Gasteiger partial charge in [-0.05, 0) is 25.3 Å². The van der Waals surface area contributed by atoms with E-state index in [1.54, 1.807) is 4.90 Å². The fourth-order valence-corrected chi connectivity index (χ4v) is 1.71. The summed E-state index contributed by atoms with van der Waals surface area (Å²) in [7, 11) is 0. The van der Waals surface area contributed by atoms with E-state index >= 15 is 0 Å². The molecule has 1 saturated heterocycles. The molecule has 5 heteroatoms. The third kappa shape index (κ3) is 9.55. The number of nitrogens with zero attached hydrogens (tertiary/aromatic N) is 1. The van der Waals surface area contributed by atoms with Crippen molar-refractivity contribution in [2.45, 2.75) is 40.2 Å². The number of carbonyl (C=O) groups excluding carboxylic acids is 2. The number of hydrogen-bond donors (Lipinski definition) is 0. The Kier molecular flexibility index (Phi) is 12.5. The molecule has 1 aliphatic heterocycles. The molecule has 0 saturated carbocycles. The van der Waals surface area contributed by atoms with Crippen molar-refractivity contribution in [1.82, 2.24) is 4.90 Å². The molecule has 1 fully saturated rings. The van der Waals surface area contributed by atoms with Crippen LogP contribution < -0.4 is 0 Å². The first-order chi connectivity index (χ1) is 10.6. The first-order valence-electron chi connectivity index (χ1n) is 7.64. The summed E-state index contributed by atoms with van der Waals surface area (Å²) in [6.07, 6.45) is 2.01. The molecule has 0 unspecified atom stereocenters. The number of ether oxygens (including phenoxy) is 1. The van der Waals surface area contributed by atoms with Crippen LogP contribution in [0.25, 0.3) is 0 Å². The highest BCUT2D eigenvalue weighted by atomic mass is 79.9. The average molecular weight is 372 g/mol. The Labute approximate surface area is 142 Å². The van der Waals surface area contributed by atoms with Gasteiger partial charge in [-0.15, -0.1) is 0 Å². The Hall–Kier alpha value is -1.36. The number of benzene rings is 1. The van der Waals surface area contributed by atoms with Crippen LogP contribution in [0.2, 0.25) is 0 Å². The molecule has 0 spiro atoms. The minimum atomic E-state index is -0.184. The van der Waals surface area contributed by atoms with Crippen molar-refractivity contribution in [1.29, 1.82) is 0 Å². The third-order valence-corrected chi connectivity index (χ3v) is 3.55. The van der Waals surface area contributed by atoms with E-state index in [1.807, 2.05) is 44.2 Å². The van der Waals surface area contributed by atoms with Gasteiger partial charge in [0.05, 0.1) is 5.33 Å². The molecule has 1 amide bonds. The van der Waals surface area contributed by atoms with Crippen LogP contribution >= 0.6 is 15.9 Å². The standard InChI is InChI=1S/C12H15NO2.C3H5BrO.C2H6/c14-12(13-8-4-5-9-13)15-10-11-6-2-1-3-7-11;1-3(5)2-4;1-2/h1-3,6-7H,4-5,8-10H2;2H2,1H3;1-2H3. The molecule has 124 valence electrons. The Morgan fingerprint density at radius 2 is 1.64 bits per heavy atom. The summed E-state index contributed by atoms with van der Waals surface area (Å²) in [5, 5.41) is 0.479. The van der Waals surface area contributed by atoms with Gasteiger partial charge in [-0.3, -0.25) is 4.79 Å². The smallest absolute Gasteiger partial charge is 0.410 e. The lowest BCUT2D eigenvalue weighted by atomic mass is 10.2. The topological polar surface area (TPSA) is 46.6 Å². The first kappa shape index (κ1) is 20.6. The number of ketones is 1. The highest BCUT2D eigenvalue weighted by Crippen LogP contribution is 2.10. The summed E-state index contributed by atoms with van der Waals surface area (Å²) in [6.45, 7) is 7.59. The number of rotatable bonds is 3. The van der Waals surface area contributed by atoms with Crippen molar-refractivity contribution in [3.05, 3.63) is 35.9 Å². The highest BCUT2D eigenvalue weighted by Gasteiger charge is 2.18. The molecule has 0 atom stereocenters. The summed E-state index contributed by atoms with van der Waals surface area (Å²) in [5.41, 5.74) is 1.03. The van der Waals surface area contributed by atoms with Crippen LogP contribution in [0.3, 0.4) is 0 Å². The summed E-state index contributed by atoms with van der Waals surface area (Å²) in [5.74, 6) is 0.171. The number of hydrogen-bond acceptors (Lipinski definition) is 3. The van der Waals surface area contributed by atoms with E-state index in [2.05, 4.69) is 15.9 Å². The second-order valence-electron chi connectivity index (χ2n) is 4.57. The zero-order valence-electron chi connectivity index (χ0n) is 13.7. The van der Waals surface area contributed by atoms with E-state index in [0.717, 1.165) is 31.5 Å². The zero-order valence-corrected chi connectivity index (χ0v) is 15.3. The molecule has 0 N–H and O–H groups in total. The van der Waals surface area contributed by atoms with Gasteiger partial charge in [0.1, 0.15) is 12.4 Å². The molecule has 1 aromatic carbocycles. The maximum absolute atomic E-state index is 11.5. The minimum Gasteiger partial charge on any atom is -0.445 e. The molecule has 22 heavy (non-hydrogen) atoms. The molecule has 1 aromatic rings. The summed E-state index contributed by atoms with van der Waals surface area (Å²) in [6, 6.07) is 9.75. The van der Waals surface area contributed by atoms with Gasteiger partial charge in [0.2, 0.25) is 0 Å². The number of carbonyl (C=O) groups is 2. The molecule has 2 rings (SSSR count). The number of Topliss-reactive ketones (excluding diaryl/α,β-unsaturated/α-hetero) is 1. The van der Waals surface area contributed by atoms with Crippen molar-refractivity contribution in [2.24, 2.45) is 0 Å². The number of alkyl halides is 1. The summed E-state index contributed by atoms with van der Waals surface area (Å²) < 4.78 is 5.20. The fourth-order valence-electron chi connectivity index (χ4n) is 1.71. The van der Waals surface area contributed by atoms with Gasteiger partial charge in [0.25, 0.3) is 0 Å². The fraction of sp³-hybridized carbons (Fsp3) is 0.529. The van der Waals surface area contributed by atoms with Crippen LogP contribution in [0.4, 0.5) is 4.79 Å². The van der Waals surface area contributed by atoms with Crippen LogP contribution in [0.5, 0.6) is 0 Å². The Morgan fingerprint density at radius 1 is 1.14 bits per heavy atom. The van der Waals surface area contributed by atoms with Crippen LogP contribution in [-0.2, 0) is 16.1 Å². The van der Waals surface area contributed by atoms with Gasteiger partial charge >= 0.3 is 6.09 Å². The highest BCUT2D eigenvalue weighted by molar-refractivity contribution is 9.09. The lowest BCUT2D eigenvalue weighted by Crippen LogP contribution is -2.28. The van der Waals surface area contributed by atoms with Crippen molar-refractivity contribution in [3.63, 3.8) is 0 Å². The van der Waals surface area contributed by atoms with Gasteiger partial charge in [-0.1, -0.05) is 60.1 Å². The lowest BCUT2D eigenvalue weighted by molar-refractivity contribution is -0.114. The molecule has 0 aromatic heterocycles. The molecular formula is C17H26BrNO3. The zero-order chi connectivity index (χ0) is 16.8. The van der Waals surface area contributed by atoms with Crippen LogP contribution in [0.15, 0.2) is 30.3 Å². The van der Waals surface area contributed by atoms with Crippen molar-refractivity contribution < 1.29 is 14.3 Å². The minimum absolute atomic E-state index is 0.171. The van der Waals surface area contributed by atoms with E-state index in [9.17, 15) is 9.59 Å². The molecule has 0 bridgehead atoms. The molecule has 4 nitrogen and oxygen atoms in total. The van der Waals surface area contributed by atoms with Crippen LogP contribution in [-0.4, -0.2) is 35.2 Å². The largest absolute Gasteiger partial charge is 0.445 e. The van der Waals surface area contributed by atoms with Crippen molar-refractivity contribution in [3.8, 4) is 0 Å². The predicted molar refractivity (Wildman–Crippen MR) is 93.3 cm³/mol. The van der Waals surface area contributed by atoms with E-state index in [-0.39, 0.29) is 11.9 Å². The van der Waals surface area contributed by atoms with E-state index in [0.29, 0.717) is 11.9 Å². The summed E-state index contributed by atoms with van der Waals surface area (Å²) in [4.78, 5) is 23.1. The van der Waals surface area contributed by atoms with Gasteiger partial charge in [-0.2, -0.15) is 0 Å². The normalized spacial score (nSPS) is 12.5. The second kappa shape index (κ2) is 13.3. The Bertz CT molecular complexity index is 417. The van der Waals surface area contributed by atoms with Crippen molar-refractivity contribution >= 4 is 27.8 Å². The quantitative estimate of drug-likeness (QED) is 0.738. The van der Waals surface area contributed by atoms with E-state index < -0.39 is 0 Å². The summed E-state index contributed by atoms with van der Waals surface area (Å²) >= 11 is 2.96. The van der Waals surface area contributed by atoms with Crippen LogP contribution in [0, 0.1) is 0 Å². The molecule has 0 radical (unpaired) electrons. The maximum Gasteiger partial charge on any atom is 0.410 e. The molecule has 1 heterocycles. The van der Waals surface area contributed by atoms with Crippen molar-refractivity contribution in [2.75, 3.05) is 18.4 Å². The lowest BCUT2D eigenvalue weighted by Gasteiger charge is -2.14. The maximum atomic E-state index is 11.5. The van der Waals surface area contributed by atoms with Gasteiger partial charge in [-0.25, -0.2) is 4.79 Å². The van der Waals surface area contributed by atoms with E-state index in [1.165, 1.54) is 6.92 Å². The van der Waals surface area contributed by atoms with Gasteiger partial charge < -0.3 is 9.64 Å². The Morgan fingerprint density at radius 3 is 2.09 bits per heavy atom. The second-order valence-corrected chi connectivity index (χ2v) is 5.13. The van der Waals surface area contributed by atoms with Gasteiger partial charge in [0.15, 0.2) is 0 Å². The number of amides is 1. The number of likely N-dealkylation sites (tertiary alicyclic amines) is 1. The third-order valence-electron chi connectivity index (χ3n) is 2.76. The average Bonchev–Trinajstić information content (AvgIpc) is 3.10. The van der Waals surface area contributed by atoms with Crippen LogP contribution in [0.1, 0.15) is 39.2 Å². The molecule has 0 aliphatic carbocycles. The monoisotopic (exact) mass is 371 g/mol. The molecule has 1 aliphatic rings. The molecular weight excluding hydrogens is 346 g/mol. The Balaban J connectivity index is 0.000000540. The van der Waals surface area contributed by atoms with E-state index in [4.69, 9.17) is 4.74 Å². The van der Waals surface area contributed by atoms with Gasteiger partial charge in [0, 0.05) is 13.1 Å². The predicted octanol–water partition coefficient (Wildman–Crippen LogP) is 4.42. The first-order valence-corrected chi connectivity index (χ1v) is 8.76.